The van der Waals surface area contributed by atoms with Gasteiger partial charge in [-0.15, -0.1) is 11.3 Å². The van der Waals surface area contributed by atoms with Gasteiger partial charge in [0, 0.05) is 18.0 Å². The van der Waals surface area contributed by atoms with Crippen molar-refractivity contribution in [3.05, 3.63) is 52.2 Å². The molecule has 2 aromatic rings. The summed E-state index contributed by atoms with van der Waals surface area (Å²) in [5.74, 6) is 0.434. The highest BCUT2D eigenvalue weighted by Gasteiger charge is 2.32. The zero-order valence-electron chi connectivity index (χ0n) is 12.0. The summed E-state index contributed by atoms with van der Waals surface area (Å²) in [6, 6.07) is 11.3. The summed E-state index contributed by atoms with van der Waals surface area (Å²) in [5.41, 5.74) is 1.07. The Hall–Kier alpha value is -1.17. The van der Waals surface area contributed by atoms with Gasteiger partial charge in [0.25, 0.3) is 0 Å². The third-order valence-corrected chi connectivity index (χ3v) is 6.76. The van der Waals surface area contributed by atoms with Gasteiger partial charge in [0.05, 0.1) is 4.90 Å². The van der Waals surface area contributed by atoms with Crippen LogP contribution < -0.4 is 0 Å². The van der Waals surface area contributed by atoms with Crippen molar-refractivity contribution in [3.8, 4) is 0 Å². The molecule has 112 valence electrons. The second kappa shape index (κ2) is 5.91. The average molecular weight is 321 g/mol. The SMILES string of the molecule is Cc1ccc(S(=O)(=O)N2CCC(Cc3cccs3)C2)cc1. The van der Waals surface area contributed by atoms with Crippen LogP contribution in [0.15, 0.2) is 46.7 Å². The maximum Gasteiger partial charge on any atom is 0.243 e. The zero-order chi connectivity index (χ0) is 14.9. The lowest BCUT2D eigenvalue weighted by atomic mass is 10.0. The predicted octanol–water partition coefficient (Wildman–Crippen LogP) is 3.31. The highest BCUT2D eigenvalue weighted by atomic mass is 32.2. The molecule has 1 atom stereocenters. The molecule has 1 saturated heterocycles. The van der Waals surface area contributed by atoms with Crippen LogP contribution in [-0.4, -0.2) is 25.8 Å². The van der Waals surface area contributed by atoms with Gasteiger partial charge in [-0.2, -0.15) is 4.31 Å². The maximum absolute atomic E-state index is 12.6. The van der Waals surface area contributed by atoms with E-state index in [1.165, 1.54) is 4.88 Å². The van der Waals surface area contributed by atoms with Gasteiger partial charge in [0.1, 0.15) is 0 Å². The summed E-state index contributed by atoms with van der Waals surface area (Å²) in [7, 11) is -3.33. The number of thiophene rings is 1. The Morgan fingerprint density at radius 2 is 2.00 bits per heavy atom. The van der Waals surface area contributed by atoms with Gasteiger partial charge < -0.3 is 0 Å². The Bertz CT molecular complexity index is 690. The summed E-state index contributed by atoms with van der Waals surface area (Å²) in [6.07, 6.45) is 1.93. The van der Waals surface area contributed by atoms with E-state index in [-0.39, 0.29) is 0 Å². The number of hydrogen-bond acceptors (Lipinski definition) is 3. The molecule has 0 N–H and O–H groups in total. The minimum Gasteiger partial charge on any atom is -0.207 e. The Kier molecular flexibility index (Phi) is 4.15. The Balaban J connectivity index is 1.71. The van der Waals surface area contributed by atoms with Crippen LogP contribution in [0, 0.1) is 12.8 Å². The Labute approximate surface area is 130 Å². The van der Waals surface area contributed by atoms with Crippen LogP contribution in [0.4, 0.5) is 0 Å². The number of benzene rings is 1. The third-order valence-electron chi connectivity index (χ3n) is 3.98. The predicted molar refractivity (Wildman–Crippen MR) is 86.1 cm³/mol. The standard InChI is InChI=1S/C16H19NO2S2/c1-13-4-6-16(7-5-13)21(18,19)17-9-8-14(12-17)11-15-3-2-10-20-15/h2-7,10,14H,8-9,11-12H2,1H3. The molecule has 1 aromatic heterocycles. The first kappa shape index (κ1) is 14.8. The van der Waals surface area contributed by atoms with Gasteiger partial charge in [-0.1, -0.05) is 23.8 Å². The fourth-order valence-corrected chi connectivity index (χ4v) is 5.11. The maximum atomic E-state index is 12.6. The van der Waals surface area contributed by atoms with E-state index in [0.717, 1.165) is 18.4 Å². The molecular formula is C16H19NO2S2. The van der Waals surface area contributed by atoms with E-state index in [1.54, 1.807) is 27.8 Å². The molecule has 1 aliphatic heterocycles. The molecule has 1 aliphatic rings. The molecule has 3 rings (SSSR count). The summed E-state index contributed by atoms with van der Waals surface area (Å²) in [4.78, 5) is 1.75. The van der Waals surface area contributed by atoms with Crippen LogP contribution >= 0.6 is 11.3 Å². The smallest absolute Gasteiger partial charge is 0.207 e. The Morgan fingerprint density at radius 1 is 1.24 bits per heavy atom. The molecule has 0 radical (unpaired) electrons. The van der Waals surface area contributed by atoms with Crippen LogP contribution in [0.1, 0.15) is 16.9 Å². The molecule has 21 heavy (non-hydrogen) atoms. The van der Waals surface area contributed by atoms with E-state index in [1.807, 2.05) is 19.1 Å². The summed E-state index contributed by atoms with van der Waals surface area (Å²) < 4.78 is 26.9. The van der Waals surface area contributed by atoms with Gasteiger partial charge in [0.2, 0.25) is 10.0 Å². The molecule has 0 amide bonds. The molecule has 0 saturated carbocycles. The fourth-order valence-electron chi connectivity index (χ4n) is 2.75. The van der Waals surface area contributed by atoms with Gasteiger partial charge in [-0.3, -0.25) is 0 Å². The first-order chi connectivity index (χ1) is 10.1. The lowest BCUT2D eigenvalue weighted by Gasteiger charge is -2.16. The van der Waals surface area contributed by atoms with E-state index >= 15 is 0 Å². The summed E-state index contributed by atoms with van der Waals surface area (Å²) in [6.45, 7) is 3.23. The summed E-state index contributed by atoms with van der Waals surface area (Å²) >= 11 is 1.75. The van der Waals surface area contributed by atoms with E-state index < -0.39 is 10.0 Å². The van der Waals surface area contributed by atoms with Gasteiger partial charge in [0.15, 0.2) is 0 Å². The number of rotatable bonds is 4. The van der Waals surface area contributed by atoms with Crippen molar-refractivity contribution in [2.45, 2.75) is 24.7 Å². The van der Waals surface area contributed by atoms with Crippen LogP contribution in [0.3, 0.4) is 0 Å². The minimum absolute atomic E-state index is 0.407. The normalized spacial score (nSPS) is 20.0. The van der Waals surface area contributed by atoms with E-state index in [4.69, 9.17) is 0 Å². The lowest BCUT2D eigenvalue weighted by molar-refractivity contribution is 0.456. The van der Waals surface area contributed by atoms with Crippen molar-refractivity contribution in [3.63, 3.8) is 0 Å². The molecule has 2 heterocycles. The van der Waals surface area contributed by atoms with E-state index in [0.29, 0.717) is 23.9 Å². The van der Waals surface area contributed by atoms with Gasteiger partial charge in [-0.25, -0.2) is 8.42 Å². The van der Waals surface area contributed by atoms with Crippen molar-refractivity contribution in [2.24, 2.45) is 5.92 Å². The second-order valence-corrected chi connectivity index (χ2v) is 8.58. The van der Waals surface area contributed by atoms with E-state index in [2.05, 4.69) is 17.5 Å². The minimum atomic E-state index is -3.33. The van der Waals surface area contributed by atoms with Crippen molar-refractivity contribution in [1.29, 1.82) is 0 Å². The highest BCUT2D eigenvalue weighted by molar-refractivity contribution is 7.89. The molecule has 0 spiro atoms. The monoisotopic (exact) mass is 321 g/mol. The Morgan fingerprint density at radius 3 is 2.67 bits per heavy atom. The van der Waals surface area contributed by atoms with Crippen LogP contribution in [-0.2, 0) is 16.4 Å². The van der Waals surface area contributed by atoms with Crippen LogP contribution in [0.25, 0.3) is 0 Å². The number of aryl methyl sites for hydroxylation is 1. The molecule has 5 heteroatoms. The number of hydrogen-bond donors (Lipinski definition) is 0. The fraction of sp³-hybridized carbons (Fsp3) is 0.375. The molecular weight excluding hydrogens is 302 g/mol. The van der Waals surface area contributed by atoms with Crippen molar-refractivity contribution in [1.82, 2.24) is 4.31 Å². The van der Waals surface area contributed by atoms with Crippen molar-refractivity contribution < 1.29 is 8.42 Å². The second-order valence-electron chi connectivity index (χ2n) is 5.61. The highest BCUT2D eigenvalue weighted by Crippen LogP contribution is 2.27. The van der Waals surface area contributed by atoms with Crippen LogP contribution in [0.2, 0.25) is 0 Å². The molecule has 1 aromatic carbocycles. The number of sulfonamides is 1. The van der Waals surface area contributed by atoms with Crippen molar-refractivity contribution in [2.75, 3.05) is 13.1 Å². The first-order valence-electron chi connectivity index (χ1n) is 7.15. The molecule has 1 unspecified atom stereocenters. The van der Waals surface area contributed by atoms with Gasteiger partial charge >= 0.3 is 0 Å². The van der Waals surface area contributed by atoms with E-state index in [9.17, 15) is 8.42 Å². The van der Waals surface area contributed by atoms with Gasteiger partial charge in [-0.05, 0) is 49.3 Å². The third kappa shape index (κ3) is 3.20. The first-order valence-corrected chi connectivity index (χ1v) is 9.47. The number of nitrogens with zero attached hydrogens (tertiary/aromatic N) is 1. The van der Waals surface area contributed by atoms with Crippen LogP contribution in [0.5, 0.6) is 0 Å². The quantitative estimate of drug-likeness (QED) is 0.866. The lowest BCUT2D eigenvalue weighted by Crippen LogP contribution is -2.29. The zero-order valence-corrected chi connectivity index (χ0v) is 13.7. The largest absolute Gasteiger partial charge is 0.243 e. The van der Waals surface area contributed by atoms with Crippen molar-refractivity contribution >= 4 is 21.4 Å². The summed E-state index contributed by atoms with van der Waals surface area (Å²) in [5, 5.41) is 2.07. The topological polar surface area (TPSA) is 37.4 Å². The molecule has 3 nitrogen and oxygen atoms in total. The molecule has 1 fully saturated rings. The molecule has 0 aliphatic carbocycles. The average Bonchev–Trinajstić information content (AvgIpc) is 3.11. The molecule has 0 bridgehead atoms.